The van der Waals surface area contributed by atoms with Crippen molar-refractivity contribution < 1.29 is 9.90 Å². The van der Waals surface area contributed by atoms with Crippen molar-refractivity contribution in [2.24, 2.45) is 7.05 Å². The van der Waals surface area contributed by atoms with Gasteiger partial charge in [-0.05, 0) is 34.9 Å². The summed E-state index contributed by atoms with van der Waals surface area (Å²) in [5, 5.41) is 12.0. The number of hydrogen-bond acceptors (Lipinski definition) is 4. The average Bonchev–Trinajstić information content (AvgIpc) is 2.70. The molecular weight excluding hydrogens is 358 g/mol. The molecule has 3 rings (SSSR count). The Labute approximate surface area is 160 Å². The van der Waals surface area contributed by atoms with E-state index in [0.717, 1.165) is 27.3 Å². The van der Waals surface area contributed by atoms with Gasteiger partial charge in [-0.1, -0.05) is 43.0 Å². The minimum atomic E-state index is -0.587. The predicted octanol–water partition coefficient (Wildman–Crippen LogP) is 2.09. The van der Waals surface area contributed by atoms with Crippen LogP contribution in [0.2, 0.25) is 0 Å². The molecule has 2 aromatic carbocycles. The van der Waals surface area contributed by atoms with Crippen LogP contribution in [0, 0.1) is 0 Å². The molecule has 7 heteroatoms. The van der Waals surface area contributed by atoms with Crippen LogP contribution in [-0.2, 0) is 18.4 Å². The van der Waals surface area contributed by atoms with Gasteiger partial charge in [-0.25, -0.2) is 4.79 Å². The molecule has 142 valence electrons. The van der Waals surface area contributed by atoms with E-state index >= 15 is 0 Å². The molecule has 0 aliphatic carbocycles. The van der Waals surface area contributed by atoms with E-state index in [4.69, 9.17) is 0 Å². The maximum absolute atomic E-state index is 12.4. The van der Waals surface area contributed by atoms with Crippen molar-refractivity contribution in [3.63, 3.8) is 0 Å². The number of aromatic nitrogens is 2. The lowest BCUT2D eigenvalue weighted by Gasteiger charge is -2.11. The van der Waals surface area contributed by atoms with E-state index in [9.17, 15) is 19.5 Å². The van der Waals surface area contributed by atoms with Crippen LogP contribution < -0.4 is 16.6 Å². The third-order valence-electron chi connectivity index (χ3n) is 4.28. The highest BCUT2D eigenvalue weighted by Gasteiger charge is 2.11. The number of rotatable bonds is 5. The van der Waals surface area contributed by atoms with Crippen LogP contribution >= 0.6 is 0 Å². The molecule has 0 radical (unpaired) electrons. The molecule has 0 bridgehead atoms. The Morgan fingerprint density at radius 3 is 2.50 bits per heavy atom. The summed E-state index contributed by atoms with van der Waals surface area (Å²) < 4.78 is 2.29. The van der Waals surface area contributed by atoms with E-state index in [1.807, 2.05) is 30.3 Å². The van der Waals surface area contributed by atoms with Gasteiger partial charge in [-0.3, -0.25) is 18.7 Å². The second kappa shape index (κ2) is 7.79. The molecule has 0 fully saturated rings. The first-order chi connectivity index (χ1) is 13.4. The Morgan fingerprint density at radius 2 is 1.86 bits per heavy atom. The summed E-state index contributed by atoms with van der Waals surface area (Å²) in [7, 11) is 1.36. The first kappa shape index (κ1) is 18.9. The Bertz CT molecular complexity index is 1160. The number of hydrogen-bond donors (Lipinski definition) is 2. The van der Waals surface area contributed by atoms with Gasteiger partial charge in [0.05, 0.1) is 6.54 Å². The standard InChI is InChI=1S/C21H19N3O4/c1-3-19(26)22-18-13-24(21(28)23(2)20(18)27)12-14-7-9-15(10-8-14)16-5-4-6-17(25)11-16/h3-11,13,25H,1,12H2,2H3,(H,22,26). The smallest absolute Gasteiger partial charge is 0.331 e. The first-order valence-electron chi connectivity index (χ1n) is 8.51. The third-order valence-corrected chi connectivity index (χ3v) is 4.28. The fourth-order valence-electron chi connectivity index (χ4n) is 2.79. The minimum absolute atomic E-state index is 0.00313. The maximum Gasteiger partial charge on any atom is 0.331 e. The Morgan fingerprint density at radius 1 is 1.14 bits per heavy atom. The van der Waals surface area contributed by atoms with Gasteiger partial charge in [0.2, 0.25) is 5.91 Å². The molecule has 7 nitrogen and oxygen atoms in total. The molecule has 0 unspecified atom stereocenters. The van der Waals surface area contributed by atoms with Gasteiger partial charge in [0.25, 0.3) is 5.56 Å². The van der Waals surface area contributed by atoms with Crippen molar-refractivity contribution in [2.75, 3.05) is 5.32 Å². The van der Waals surface area contributed by atoms with E-state index in [-0.39, 0.29) is 18.0 Å². The van der Waals surface area contributed by atoms with Crippen LogP contribution in [0.25, 0.3) is 11.1 Å². The fraction of sp³-hybridized carbons (Fsp3) is 0.0952. The monoisotopic (exact) mass is 377 g/mol. The molecule has 1 amide bonds. The van der Waals surface area contributed by atoms with Crippen molar-refractivity contribution >= 4 is 11.6 Å². The molecule has 1 heterocycles. The van der Waals surface area contributed by atoms with Crippen LogP contribution in [0.5, 0.6) is 5.75 Å². The lowest BCUT2D eigenvalue weighted by Crippen LogP contribution is -2.39. The molecule has 0 aliphatic rings. The van der Waals surface area contributed by atoms with Crippen molar-refractivity contribution in [2.45, 2.75) is 6.54 Å². The van der Waals surface area contributed by atoms with Gasteiger partial charge in [0.1, 0.15) is 11.4 Å². The summed E-state index contributed by atoms with van der Waals surface area (Å²) in [6.45, 7) is 3.58. The van der Waals surface area contributed by atoms with Crippen molar-refractivity contribution in [3.8, 4) is 16.9 Å². The molecular formula is C21H19N3O4. The number of anilines is 1. The van der Waals surface area contributed by atoms with Crippen LogP contribution in [0.3, 0.4) is 0 Å². The number of phenols is 1. The topological polar surface area (TPSA) is 93.3 Å². The van der Waals surface area contributed by atoms with Gasteiger partial charge in [0.15, 0.2) is 0 Å². The largest absolute Gasteiger partial charge is 0.508 e. The van der Waals surface area contributed by atoms with Crippen molar-refractivity contribution in [3.05, 3.63) is 93.8 Å². The zero-order valence-corrected chi connectivity index (χ0v) is 15.3. The zero-order valence-electron chi connectivity index (χ0n) is 15.3. The van der Waals surface area contributed by atoms with Gasteiger partial charge in [0, 0.05) is 13.2 Å². The van der Waals surface area contributed by atoms with Crippen LogP contribution in [0.4, 0.5) is 5.69 Å². The van der Waals surface area contributed by atoms with Gasteiger partial charge >= 0.3 is 5.69 Å². The molecule has 2 N–H and O–H groups in total. The molecule has 1 aromatic heterocycles. The lowest BCUT2D eigenvalue weighted by atomic mass is 10.0. The molecule has 0 aliphatic heterocycles. The highest BCUT2D eigenvalue weighted by Crippen LogP contribution is 2.23. The molecule has 28 heavy (non-hydrogen) atoms. The number of amides is 1. The molecule has 0 saturated heterocycles. The molecule has 0 saturated carbocycles. The highest BCUT2D eigenvalue weighted by atomic mass is 16.3. The van der Waals surface area contributed by atoms with E-state index < -0.39 is 17.2 Å². The number of carbonyl (C=O) groups excluding carboxylic acids is 1. The summed E-state index contributed by atoms with van der Waals surface area (Å²) >= 11 is 0. The Kier molecular flexibility index (Phi) is 5.26. The number of nitrogens with one attached hydrogen (secondary N) is 1. The van der Waals surface area contributed by atoms with E-state index in [1.165, 1.54) is 17.8 Å². The third kappa shape index (κ3) is 3.93. The van der Waals surface area contributed by atoms with Crippen LogP contribution in [0.15, 0.2) is 77.0 Å². The summed E-state index contributed by atoms with van der Waals surface area (Å²) in [6.07, 6.45) is 2.38. The summed E-state index contributed by atoms with van der Waals surface area (Å²) in [4.78, 5) is 36.1. The summed E-state index contributed by atoms with van der Waals surface area (Å²) in [5.41, 5.74) is 1.56. The van der Waals surface area contributed by atoms with E-state index in [0.29, 0.717) is 0 Å². The van der Waals surface area contributed by atoms with Gasteiger partial charge < -0.3 is 10.4 Å². The second-order valence-electron chi connectivity index (χ2n) is 6.26. The molecule has 0 atom stereocenters. The number of aromatic hydroxyl groups is 1. The van der Waals surface area contributed by atoms with Gasteiger partial charge in [-0.15, -0.1) is 0 Å². The van der Waals surface area contributed by atoms with Gasteiger partial charge in [-0.2, -0.15) is 0 Å². The zero-order chi connectivity index (χ0) is 20.3. The predicted molar refractivity (Wildman–Crippen MR) is 107 cm³/mol. The maximum atomic E-state index is 12.4. The number of carbonyl (C=O) groups is 1. The number of phenolic OH excluding ortho intramolecular Hbond substituents is 1. The molecule has 0 spiro atoms. The Balaban J connectivity index is 1.91. The summed E-state index contributed by atoms with van der Waals surface area (Å²) in [6, 6.07) is 14.4. The number of nitrogens with zero attached hydrogens (tertiary/aromatic N) is 2. The van der Waals surface area contributed by atoms with Crippen LogP contribution in [-0.4, -0.2) is 20.1 Å². The first-order valence-corrected chi connectivity index (χ1v) is 8.51. The quantitative estimate of drug-likeness (QED) is 0.666. The minimum Gasteiger partial charge on any atom is -0.508 e. The Hall–Kier alpha value is -3.87. The highest BCUT2D eigenvalue weighted by molar-refractivity contribution is 5.98. The SMILES string of the molecule is C=CC(=O)Nc1cn(Cc2ccc(-c3cccc(O)c3)cc2)c(=O)n(C)c1=O. The van der Waals surface area contributed by atoms with E-state index in [2.05, 4.69) is 11.9 Å². The normalized spacial score (nSPS) is 10.5. The van der Waals surface area contributed by atoms with Crippen molar-refractivity contribution in [1.29, 1.82) is 0 Å². The summed E-state index contributed by atoms with van der Waals surface area (Å²) in [5.74, 6) is -0.342. The fourth-order valence-corrected chi connectivity index (χ4v) is 2.79. The van der Waals surface area contributed by atoms with Crippen molar-refractivity contribution in [1.82, 2.24) is 9.13 Å². The van der Waals surface area contributed by atoms with E-state index in [1.54, 1.807) is 18.2 Å². The second-order valence-corrected chi connectivity index (χ2v) is 6.26. The molecule has 3 aromatic rings. The lowest BCUT2D eigenvalue weighted by molar-refractivity contribution is -0.111. The average molecular weight is 377 g/mol. The van der Waals surface area contributed by atoms with Crippen LogP contribution in [0.1, 0.15) is 5.56 Å². The number of benzene rings is 2.